The van der Waals surface area contributed by atoms with E-state index < -0.39 is 0 Å². The van der Waals surface area contributed by atoms with Crippen molar-refractivity contribution in [1.29, 1.82) is 5.26 Å². The molecule has 1 aromatic carbocycles. The van der Waals surface area contributed by atoms with Crippen LogP contribution in [-0.2, 0) is 13.1 Å². The van der Waals surface area contributed by atoms with Gasteiger partial charge in [0.25, 0.3) is 0 Å². The van der Waals surface area contributed by atoms with Crippen molar-refractivity contribution in [3.8, 4) is 6.07 Å². The van der Waals surface area contributed by atoms with E-state index in [-0.39, 0.29) is 0 Å². The quantitative estimate of drug-likeness (QED) is 0.860. The molecule has 3 rings (SSSR count). The van der Waals surface area contributed by atoms with Gasteiger partial charge in [0.05, 0.1) is 23.6 Å². The van der Waals surface area contributed by atoms with Crippen molar-refractivity contribution < 1.29 is 0 Å². The Balaban J connectivity index is 2.05. The number of likely N-dealkylation sites (tertiary alicyclic amines) is 1. The Bertz CT molecular complexity index is 672. The summed E-state index contributed by atoms with van der Waals surface area (Å²) in [5.74, 6) is 1.02. The molecular weight excluding hydrogens is 248 g/mol. The molecule has 0 spiro atoms. The average molecular weight is 268 g/mol. The van der Waals surface area contributed by atoms with Crippen LogP contribution < -0.4 is 0 Å². The normalized spacial score (nSPS) is 15.8. The van der Waals surface area contributed by atoms with Gasteiger partial charge in [0.2, 0.25) is 0 Å². The zero-order valence-corrected chi connectivity index (χ0v) is 12.2. The fourth-order valence-corrected chi connectivity index (χ4v) is 2.94. The first-order valence-corrected chi connectivity index (χ1v) is 7.24. The first-order chi connectivity index (χ1) is 9.69. The molecule has 4 heteroatoms. The lowest BCUT2D eigenvalue weighted by Crippen LogP contribution is -2.21. The maximum absolute atomic E-state index is 9.09. The standard InChI is InChI=1S/C16H20N4/c1-12-9-14-15(10-13(12)2)20(8-5-17)16(18-14)11-19-6-3-4-7-19/h9-10H,3-4,6-8,11H2,1-2H3. The zero-order chi connectivity index (χ0) is 14.1. The fraction of sp³-hybridized carbons (Fsp3) is 0.500. The first kappa shape index (κ1) is 13.1. The van der Waals surface area contributed by atoms with Crippen LogP contribution in [0.15, 0.2) is 12.1 Å². The summed E-state index contributed by atoms with van der Waals surface area (Å²) in [6.45, 7) is 7.75. The van der Waals surface area contributed by atoms with Crippen molar-refractivity contribution in [2.45, 2.75) is 39.8 Å². The van der Waals surface area contributed by atoms with Crippen LogP contribution >= 0.6 is 0 Å². The molecule has 1 aromatic heterocycles. The molecule has 0 bridgehead atoms. The summed E-state index contributed by atoms with van der Waals surface area (Å²) in [5, 5.41) is 9.09. The maximum atomic E-state index is 9.09. The topological polar surface area (TPSA) is 44.9 Å². The largest absolute Gasteiger partial charge is 0.313 e. The summed E-state index contributed by atoms with van der Waals surface area (Å²) in [7, 11) is 0. The fourth-order valence-electron chi connectivity index (χ4n) is 2.94. The number of hydrogen-bond acceptors (Lipinski definition) is 3. The van der Waals surface area contributed by atoms with Gasteiger partial charge in [-0.3, -0.25) is 4.90 Å². The molecule has 1 aliphatic rings. The molecule has 104 valence electrons. The van der Waals surface area contributed by atoms with Crippen molar-refractivity contribution in [3.05, 3.63) is 29.1 Å². The van der Waals surface area contributed by atoms with Gasteiger partial charge in [-0.05, 0) is 63.0 Å². The molecule has 0 amide bonds. The third-order valence-corrected chi connectivity index (χ3v) is 4.24. The highest BCUT2D eigenvalue weighted by Crippen LogP contribution is 2.22. The van der Waals surface area contributed by atoms with Crippen molar-refractivity contribution >= 4 is 11.0 Å². The molecule has 1 saturated heterocycles. The number of rotatable bonds is 3. The lowest BCUT2D eigenvalue weighted by atomic mass is 10.1. The summed E-state index contributed by atoms with van der Waals surface area (Å²) in [6, 6.07) is 6.55. The van der Waals surface area contributed by atoms with E-state index in [0.717, 1.165) is 36.5 Å². The Hall–Kier alpha value is -1.86. The maximum Gasteiger partial charge on any atom is 0.125 e. The van der Waals surface area contributed by atoms with Crippen LogP contribution in [0.5, 0.6) is 0 Å². The molecule has 20 heavy (non-hydrogen) atoms. The number of aryl methyl sites for hydroxylation is 2. The number of nitrogens with zero attached hydrogens (tertiary/aromatic N) is 4. The summed E-state index contributed by atoms with van der Waals surface area (Å²) < 4.78 is 2.07. The second kappa shape index (κ2) is 5.26. The third-order valence-electron chi connectivity index (χ3n) is 4.24. The minimum Gasteiger partial charge on any atom is -0.313 e. The van der Waals surface area contributed by atoms with Gasteiger partial charge in [-0.25, -0.2) is 4.98 Å². The molecule has 1 aliphatic heterocycles. The van der Waals surface area contributed by atoms with Gasteiger partial charge in [0.1, 0.15) is 12.4 Å². The number of fused-ring (bicyclic) bond motifs is 1. The smallest absolute Gasteiger partial charge is 0.125 e. The Morgan fingerprint density at radius 3 is 2.60 bits per heavy atom. The molecule has 4 nitrogen and oxygen atoms in total. The van der Waals surface area contributed by atoms with E-state index in [4.69, 9.17) is 10.2 Å². The first-order valence-electron chi connectivity index (χ1n) is 7.24. The van der Waals surface area contributed by atoms with E-state index >= 15 is 0 Å². The number of nitriles is 1. The SMILES string of the molecule is Cc1cc2nc(CN3CCCC3)n(CC#N)c2cc1C. The highest BCUT2D eigenvalue weighted by Gasteiger charge is 2.17. The molecule has 0 saturated carbocycles. The van der Waals surface area contributed by atoms with Crippen molar-refractivity contribution in [2.75, 3.05) is 13.1 Å². The predicted octanol–water partition coefficient (Wildman–Crippen LogP) is 2.77. The third kappa shape index (κ3) is 2.30. The number of benzene rings is 1. The van der Waals surface area contributed by atoms with E-state index in [2.05, 4.69) is 41.5 Å². The average Bonchev–Trinajstić information content (AvgIpc) is 3.02. The molecule has 0 radical (unpaired) electrons. The summed E-state index contributed by atoms with van der Waals surface area (Å²) in [4.78, 5) is 7.19. The van der Waals surface area contributed by atoms with Crippen molar-refractivity contribution in [2.24, 2.45) is 0 Å². The van der Waals surface area contributed by atoms with Crippen LogP contribution in [-0.4, -0.2) is 27.5 Å². The monoisotopic (exact) mass is 268 g/mol. The molecular formula is C16H20N4. The molecule has 0 N–H and O–H groups in total. The molecule has 2 aromatic rings. The second-order valence-corrected chi connectivity index (χ2v) is 5.68. The predicted molar refractivity (Wildman–Crippen MR) is 79.3 cm³/mol. The molecule has 0 unspecified atom stereocenters. The van der Waals surface area contributed by atoms with E-state index in [0.29, 0.717) is 6.54 Å². The van der Waals surface area contributed by atoms with Gasteiger partial charge in [-0.15, -0.1) is 0 Å². The molecule has 0 aliphatic carbocycles. The number of aromatic nitrogens is 2. The van der Waals surface area contributed by atoms with E-state index in [1.807, 2.05) is 0 Å². The van der Waals surface area contributed by atoms with Crippen LogP contribution in [0.1, 0.15) is 29.8 Å². The second-order valence-electron chi connectivity index (χ2n) is 5.68. The van der Waals surface area contributed by atoms with Gasteiger partial charge in [-0.1, -0.05) is 0 Å². The van der Waals surface area contributed by atoms with Gasteiger partial charge in [0, 0.05) is 0 Å². The Labute approximate surface area is 119 Å². The number of hydrogen-bond donors (Lipinski definition) is 0. The van der Waals surface area contributed by atoms with Crippen LogP contribution in [0, 0.1) is 25.2 Å². The zero-order valence-electron chi connectivity index (χ0n) is 12.2. The molecule has 2 heterocycles. The Morgan fingerprint density at radius 2 is 1.90 bits per heavy atom. The highest BCUT2D eigenvalue weighted by molar-refractivity contribution is 5.78. The van der Waals surface area contributed by atoms with Gasteiger partial charge >= 0.3 is 0 Å². The van der Waals surface area contributed by atoms with Gasteiger partial charge < -0.3 is 4.57 Å². The Kier molecular flexibility index (Phi) is 3.45. The number of imidazole rings is 1. The van der Waals surface area contributed by atoms with Crippen LogP contribution in [0.4, 0.5) is 0 Å². The van der Waals surface area contributed by atoms with Crippen molar-refractivity contribution in [1.82, 2.24) is 14.5 Å². The van der Waals surface area contributed by atoms with Crippen LogP contribution in [0.2, 0.25) is 0 Å². The lowest BCUT2D eigenvalue weighted by molar-refractivity contribution is 0.318. The molecule has 0 atom stereocenters. The van der Waals surface area contributed by atoms with E-state index in [9.17, 15) is 0 Å². The molecule has 1 fully saturated rings. The van der Waals surface area contributed by atoms with E-state index in [1.54, 1.807) is 0 Å². The summed E-state index contributed by atoms with van der Waals surface area (Å²) in [6.07, 6.45) is 2.55. The summed E-state index contributed by atoms with van der Waals surface area (Å²) in [5.41, 5.74) is 4.61. The Morgan fingerprint density at radius 1 is 1.20 bits per heavy atom. The van der Waals surface area contributed by atoms with Crippen LogP contribution in [0.3, 0.4) is 0 Å². The minimum absolute atomic E-state index is 0.377. The summed E-state index contributed by atoms with van der Waals surface area (Å²) >= 11 is 0. The van der Waals surface area contributed by atoms with Crippen molar-refractivity contribution in [3.63, 3.8) is 0 Å². The van der Waals surface area contributed by atoms with Gasteiger partial charge in [-0.2, -0.15) is 5.26 Å². The van der Waals surface area contributed by atoms with Crippen LogP contribution in [0.25, 0.3) is 11.0 Å². The highest BCUT2D eigenvalue weighted by atomic mass is 15.2. The minimum atomic E-state index is 0.377. The van der Waals surface area contributed by atoms with Gasteiger partial charge in [0.15, 0.2) is 0 Å². The lowest BCUT2D eigenvalue weighted by Gasteiger charge is -2.14. The van der Waals surface area contributed by atoms with E-state index in [1.165, 1.54) is 24.0 Å².